The van der Waals surface area contributed by atoms with E-state index in [1.165, 1.54) is 39.7 Å². The lowest BCUT2D eigenvalue weighted by atomic mass is 10.2. The highest BCUT2D eigenvalue weighted by atomic mass is 32.1. The van der Waals surface area contributed by atoms with Crippen molar-refractivity contribution in [1.29, 1.82) is 0 Å². The van der Waals surface area contributed by atoms with Crippen LogP contribution in [0, 0.1) is 0 Å². The summed E-state index contributed by atoms with van der Waals surface area (Å²) in [5, 5.41) is 3.42. The Balaban J connectivity index is 1.66. The van der Waals surface area contributed by atoms with Gasteiger partial charge >= 0.3 is 11.7 Å². The van der Waals surface area contributed by atoms with Gasteiger partial charge in [-0.3, -0.25) is 18.7 Å². The number of nitrogens with zero attached hydrogens (tertiary/aromatic N) is 4. The fourth-order valence-corrected chi connectivity index (χ4v) is 4.90. The number of aromatic nitrogens is 3. The Hall–Kier alpha value is -3.47. The molecule has 3 aromatic rings. The van der Waals surface area contributed by atoms with E-state index in [0.717, 1.165) is 25.9 Å². The van der Waals surface area contributed by atoms with Crippen LogP contribution in [0.15, 0.2) is 33.9 Å². The smallest absolute Gasteiger partial charge is 0.337 e. The Kier molecular flexibility index (Phi) is 6.59. The number of benzene rings is 1. The Bertz CT molecular complexity index is 1300. The highest BCUT2D eigenvalue weighted by Crippen LogP contribution is 2.28. The first-order valence-electron chi connectivity index (χ1n) is 10.8. The second-order valence-corrected chi connectivity index (χ2v) is 8.76. The largest absolute Gasteiger partial charge is 0.465 e. The maximum absolute atomic E-state index is 13.1. The summed E-state index contributed by atoms with van der Waals surface area (Å²) in [4.78, 5) is 57.1. The first-order valence-corrected chi connectivity index (χ1v) is 11.6. The summed E-state index contributed by atoms with van der Waals surface area (Å²) in [6.07, 6.45) is 2.72. The van der Waals surface area contributed by atoms with E-state index in [0.29, 0.717) is 27.5 Å². The third kappa shape index (κ3) is 4.54. The Morgan fingerprint density at radius 3 is 2.45 bits per heavy atom. The number of thiazole rings is 1. The van der Waals surface area contributed by atoms with Gasteiger partial charge in [0.25, 0.3) is 5.56 Å². The molecule has 10 nitrogen and oxygen atoms in total. The predicted molar refractivity (Wildman–Crippen MR) is 126 cm³/mol. The molecule has 1 saturated heterocycles. The number of methoxy groups -OCH3 is 1. The van der Waals surface area contributed by atoms with Gasteiger partial charge in [-0.15, -0.1) is 0 Å². The van der Waals surface area contributed by atoms with E-state index < -0.39 is 17.6 Å². The molecule has 0 unspecified atom stereocenters. The van der Waals surface area contributed by atoms with E-state index in [1.807, 2.05) is 6.92 Å². The van der Waals surface area contributed by atoms with Gasteiger partial charge in [-0.05, 0) is 43.5 Å². The van der Waals surface area contributed by atoms with Gasteiger partial charge in [0, 0.05) is 25.3 Å². The molecular formula is C22H25N5O5S. The third-order valence-electron chi connectivity index (χ3n) is 5.47. The number of hydrogen-bond donors (Lipinski definition) is 1. The van der Waals surface area contributed by atoms with Crippen LogP contribution in [0.2, 0.25) is 0 Å². The van der Waals surface area contributed by atoms with Gasteiger partial charge in [0.05, 0.1) is 12.7 Å². The fraction of sp³-hybridized carbons (Fsp3) is 0.409. The van der Waals surface area contributed by atoms with Crippen molar-refractivity contribution >= 4 is 44.4 Å². The lowest BCUT2D eigenvalue weighted by Crippen LogP contribution is -2.41. The zero-order chi connectivity index (χ0) is 23.5. The number of fused-ring (bicyclic) bond motifs is 1. The number of rotatable bonds is 7. The number of anilines is 2. The van der Waals surface area contributed by atoms with Crippen molar-refractivity contribution in [3.05, 3.63) is 50.7 Å². The fourth-order valence-electron chi connectivity index (χ4n) is 3.83. The number of nitrogens with one attached hydrogen (secondary N) is 1. The molecule has 1 aliphatic rings. The molecular weight excluding hydrogens is 446 g/mol. The molecule has 0 bridgehead atoms. The van der Waals surface area contributed by atoms with Crippen molar-refractivity contribution in [2.75, 3.05) is 30.4 Å². The van der Waals surface area contributed by atoms with Crippen LogP contribution in [0.4, 0.5) is 10.8 Å². The summed E-state index contributed by atoms with van der Waals surface area (Å²) in [5.74, 6) is -0.918. The number of amides is 1. The van der Waals surface area contributed by atoms with E-state index in [2.05, 4.69) is 19.9 Å². The van der Waals surface area contributed by atoms with Crippen molar-refractivity contribution < 1.29 is 14.3 Å². The summed E-state index contributed by atoms with van der Waals surface area (Å²) < 4.78 is 7.48. The zero-order valence-electron chi connectivity index (χ0n) is 18.5. The van der Waals surface area contributed by atoms with E-state index in [4.69, 9.17) is 0 Å². The van der Waals surface area contributed by atoms with Crippen LogP contribution in [-0.2, 0) is 22.6 Å². The maximum Gasteiger partial charge on any atom is 0.337 e. The lowest BCUT2D eigenvalue weighted by molar-refractivity contribution is -0.116. The van der Waals surface area contributed by atoms with Gasteiger partial charge in [-0.1, -0.05) is 18.3 Å². The Labute approximate surface area is 193 Å². The molecule has 11 heteroatoms. The SMILES string of the molecule is CCCn1c(=O)c2sc(N3CCCC3)nc2n(CC(=O)Nc2ccc(C(=O)OC)cc2)c1=O. The molecule has 1 N–H and O–H groups in total. The highest BCUT2D eigenvalue weighted by molar-refractivity contribution is 7.22. The second-order valence-electron chi connectivity index (χ2n) is 7.79. The van der Waals surface area contributed by atoms with Gasteiger partial charge in [-0.2, -0.15) is 0 Å². The molecule has 0 spiro atoms. The molecule has 0 atom stereocenters. The van der Waals surface area contributed by atoms with Crippen LogP contribution >= 0.6 is 11.3 Å². The van der Waals surface area contributed by atoms with Gasteiger partial charge in [0.2, 0.25) is 5.91 Å². The second kappa shape index (κ2) is 9.57. The molecule has 1 amide bonds. The normalized spacial score (nSPS) is 13.5. The summed E-state index contributed by atoms with van der Waals surface area (Å²) >= 11 is 1.27. The predicted octanol–water partition coefficient (Wildman–Crippen LogP) is 2.06. The molecule has 3 heterocycles. The van der Waals surface area contributed by atoms with Gasteiger partial charge in [0.1, 0.15) is 11.2 Å². The molecule has 4 rings (SSSR count). The van der Waals surface area contributed by atoms with Crippen LogP contribution in [0.1, 0.15) is 36.5 Å². The van der Waals surface area contributed by atoms with Crippen molar-refractivity contribution in [3.63, 3.8) is 0 Å². The van der Waals surface area contributed by atoms with Gasteiger partial charge in [-0.25, -0.2) is 14.6 Å². The average Bonchev–Trinajstić information content (AvgIpc) is 3.50. The molecule has 1 fully saturated rings. The molecule has 174 valence electrons. The monoisotopic (exact) mass is 471 g/mol. The number of carbonyl (C=O) groups is 2. The minimum Gasteiger partial charge on any atom is -0.465 e. The van der Waals surface area contributed by atoms with E-state index >= 15 is 0 Å². The van der Waals surface area contributed by atoms with Crippen LogP contribution < -0.4 is 21.5 Å². The number of esters is 1. The van der Waals surface area contributed by atoms with Crippen LogP contribution in [-0.4, -0.2) is 46.2 Å². The highest BCUT2D eigenvalue weighted by Gasteiger charge is 2.23. The van der Waals surface area contributed by atoms with Crippen LogP contribution in [0.3, 0.4) is 0 Å². The lowest BCUT2D eigenvalue weighted by Gasteiger charge is -2.12. The van der Waals surface area contributed by atoms with E-state index in [1.54, 1.807) is 12.1 Å². The molecule has 33 heavy (non-hydrogen) atoms. The minimum atomic E-state index is -0.552. The third-order valence-corrected chi connectivity index (χ3v) is 6.56. The molecule has 0 aliphatic carbocycles. The molecule has 2 aromatic heterocycles. The standard InChI is InChI=1S/C22H25N5O5S/c1-3-10-26-19(29)17-18(24-21(33-17)25-11-4-5-12-25)27(22(26)31)13-16(28)23-15-8-6-14(7-9-15)20(30)32-2/h6-9H,3-5,10-13H2,1-2H3,(H,23,28). The Morgan fingerprint density at radius 2 is 1.82 bits per heavy atom. The molecule has 1 aromatic carbocycles. The van der Waals surface area contributed by atoms with E-state index in [-0.39, 0.29) is 24.3 Å². The molecule has 0 radical (unpaired) electrons. The minimum absolute atomic E-state index is 0.237. The Morgan fingerprint density at radius 1 is 1.12 bits per heavy atom. The van der Waals surface area contributed by atoms with E-state index in [9.17, 15) is 19.2 Å². The first-order chi connectivity index (χ1) is 15.9. The van der Waals surface area contributed by atoms with Crippen LogP contribution in [0.25, 0.3) is 10.3 Å². The quantitative estimate of drug-likeness (QED) is 0.525. The zero-order valence-corrected chi connectivity index (χ0v) is 19.3. The summed E-state index contributed by atoms with van der Waals surface area (Å²) in [5.41, 5.74) is 0.144. The summed E-state index contributed by atoms with van der Waals surface area (Å²) in [6, 6.07) is 6.23. The maximum atomic E-state index is 13.1. The van der Waals surface area contributed by atoms with Crippen molar-refractivity contribution in [1.82, 2.24) is 14.1 Å². The number of carbonyl (C=O) groups excluding carboxylic acids is 2. The molecule has 1 aliphatic heterocycles. The van der Waals surface area contributed by atoms with Crippen molar-refractivity contribution in [2.45, 2.75) is 39.3 Å². The topological polar surface area (TPSA) is 116 Å². The van der Waals surface area contributed by atoms with Crippen LogP contribution in [0.5, 0.6) is 0 Å². The molecule has 0 saturated carbocycles. The van der Waals surface area contributed by atoms with Crippen molar-refractivity contribution in [2.24, 2.45) is 0 Å². The van der Waals surface area contributed by atoms with Gasteiger partial charge < -0.3 is 15.0 Å². The summed E-state index contributed by atoms with van der Waals surface area (Å²) in [7, 11) is 1.29. The first kappa shape index (κ1) is 22.7. The number of hydrogen-bond acceptors (Lipinski definition) is 8. The van der Waals surface area contributed by atoms with Crippen molar-refractivity contribution in [3.8, 4) is 0 Å². The van der Waals surface area contributed by atoms with Gasteiger partial charge in [0.15, 0.2) is 10.8 Å². The summed E-state index contributed by atoms with van der Waals surface area (Å²) in [6.45, 7) is 3.57. The average molecular weight is 472 g/mol. The number of ether oxygens (including phenoxy) is 1.